The number of anilines is 1. The van der Waals surface area contributed by atoms with Crippen molar-refractivity contribution in [1.82, 2.24) is 9.97 Å². The molecular formula is C9H12ClN3O. The van der Waals surface area contributed by atoms with Crippen molar-refractivity contribution in [1.29, 1.82) is 0 Å². The molecule has 0 aromatic carbocycles. The molecule has 0 aliphatic rings. The number of H-pyrrole nitrogens is 1. The van der Waals surface area contributed by atoms with Crippen LogP contribution in [0.2, 0.25) is 0 Å². The fourth-order valence-electron chi connectivity index (χ4n) is 0.953. The minimum Gasteiger partial charge on any atom is -0.365 e. The van der Waals surface area contributed by atoms with Gasteiger partial charge in [-0.05, 0) is 0 Å². The van der Waals surface area contributed by atoms with Crippen LogP contribution in [0.1, 0.15) is 12.7 Å². The molecule has 0 spiro atoms. The van der Waals surface area contributed by atoms with Crippen LogP contribution in [-0.2, 0) is 6.42 Å². The summed E-state index contributed by atoms with van der Waals surface area (Å²) in [5.41, 5.74) is -0.167. The Hall–Kier alpha value is -1.29. The third-order valence-corrected chi connectivity index (χ3v) is 1.72. The van der Waals surface area contributed by atoms with Gasteiger partial charge >= 0.3 is 0 Å². The van der Waals surface area contributed by atoms with Gasteiger partial charge in [-0.25, -0.2) is 4.98 Å². The predicted octanol–water partition coefficient (Wildman–Crippen LogP) is 1.50. The molecule has 0 saturated carbocycles. The van der Waals surface area contributed by atoms with Crippen molar-refractivity contribution in [3.8, 4) is 0 Å². The van der Waals surface area contributed by atoms with Gasteiger partial charge in [-0.3, -0.25) is 4.79 Å². The monoisotopic (exact) mass is 213 g/mol. The standard InChI is InChI=1S/C9H12ClN3O/c1-3-7-12-8(4-9(14)13-7)11-5-6(2)10/h4H,2-3,5H2,1H3,(H2,11,12,13,14). The van der Waals surface area contributed by atoms with Gasteiger partial charge in [0.25, 0.3) is 5.56 Å². The highest BCUT2D eigenvalue weighted by Gasteiger charge is 1.98. The summed E-state index contributed by atoms with van der Waals surface area (Å²) in [6.07, 6.45) is 0.687. The molecule has 0 atom stereocenters. The van der Waals surface area contributed by atoms with Crippen LogP contribution < -0.4 is 10.9 Å². The van der Waals surface area contributed by atoms with Gasteiger partial charge in [-0.1, -0.05) is 25.1 Å². The van der Waals surface area contributed by atoms with Gasteiger partial charge in [0, 0.05) is 17.5 Å². The van der Waals surface area contributed by atoms with E-state index in [0.29, 0.717) is 29.6 Å². The molecule has 0 unspecified atom stereocenters. The number of rotatable bonds is 4. The van der Waals surface area contributed by atoms with Gasteiger partial charge in [0.15, 0.2) is 0 Å². The summed E-state index contributed by atoms with van der Waals surface area (Å²) in [6.45, 7) is 5.85. The summed E-state index contributed by atoms with van der Waals surface area (Å²) in [7, 11) is 0. The Morgan fingerprint density at radius 3 is 3.07 bits per heavy atom. The first-order chi connectivity index (χ1) is 6.61. The van der Waals surface area contributed by atoms with E-state index in [-0.39, 0.29) is 5.56 Å². The van der Waals surface area contributed by atoms with Crippen molar-refractivity contribution in [3.63, 3.8) is 0 Å². The largest absolute Gasteiger partial charge is 0.365 e. The van der Waals surface area contributed by atoms with Crippen molar-refractivity contribution in [2.75, 3.05) is 11.9 Å². The summed E-state index contributed by atoms with van der Waals surface area (Å²) in [5.74, 6) is 1.17. The lowest BCUT2D eigenvalue weighted by molar-refractivity contribution is 0.919. The molecule has 0 aliphatic carbocycles. The summed E-state index contributed by atoms with van der Waals surface area (Å²) in [5, 5.41) is 3.37. The Balaban J connectivity index is 2.81. The Morgan fingerprint density at radius 1 is 1.79 bits per heavy atom. The number of halogens is 1. The van der Waals surface area contributed by atoms with Crippen LogP contribution in [0, 0.1) is 0 Å². The lowest BCUT2D eigenvalue weighted by Gasteiger charge is -2.04. The molecule has 0 radical (unpaired) electrons. The zero-order valence-corrected chi connectivity index (χ0v) is 8.69. The normalized spacial score (nSPS) is 9.86. The average Bonchev–Trinajstić information content (AvgIpc) is 2.14. The molecule has 5 heteroatoms. The highest BCUT2D eigenvalue weighted by Crippen LogP contribution is 2.02. The van der Waals surface area contributed by atoms with Crippen molar-refractivity contribution in [2.24, 2.45) is 0 Å². The summed E-state index contributed by atoms with van der Waals surface area (Å²) >= 11 is 5.57. The quantitative estimate of drug-likeness (QED) is 0.797. The van der Waals surface area contributed by atoms with E-state index in [0.717, 1.165) is 0 Å². The average molecular weight is 214 g/mol. The molecule has 0 amide bonds. The molecule has 1 aromatic rings. The highest BCUT2D eigenvalue weighted by molar-refractivity contribution is 6.29. The number of nitrogens with zero attached hydrogens (tertiary/aromatic N) is 1. The second-order valence-electron chi connectivity index (χ2n) is 2.80. The van der Waals surface area contributed by atoms with Gasteiger partial charge in [-0.15, -0.1) is 0 Å². The van der Waals surface area contributed by atoms with E-state index in [1.807, 2.05) is 6.92 Å². The Bertz CT molecular complexity index is 386. The van der Waals surface area contributed by atoms with E-state index < -0.39 is 0 Å². The number of aromatic amines is 1. The Morgan fingerprint density at radius 2 is 2.50 bits per heavy atom. The maximum atomic E-state index is 11.1. The number of hydrogen-bond acceptors (Lipinski definition) is 3. The van der Waals surface area contributed by atoms with E-state index in [9.17, 15) is 4.79 Å². The van der Waals surface area contributed by atoms with Gasteiger partial charge in [-0.2, -0.15) is 0 Å². The molecule has 1 heterocycles. The molecule has 2 N–H and O–H groups in total. The lowest BCUT2D eigenvalue weighted by atomic mass is 10.4. The molecule has 0 saturated heterocycles. The minimum absolute atomic E-state index is 0.167. The van der Waals surface area contributed by atoms with E-state index in [1.165, 1.54) is 6.07 Å². The van der Waals surface area contributed by atoms with E-state index in [2.05, 4.69) is 21.9 Å². The van der Waals surface area contributed by atoms with Crippen LogP contribution in [-0.4, -0.2) is 16.5 Å². The maximum Gasteiger partial charge on any atom is 0.252 e. The van der Waals surface area contributed by atoms with Crippen molar-refractivity contribution in [2.45, 2.75) is 13.3 Å². The first-order valence-corrected chi connectivity index (χ1v) is 4.67. The SMILES string of the molecule is C=C(Cl)CNc1cc(=O)[nH]c(CC)n1. The maximum absolute atomic E-state index is 11.1. The molecular weight excluding hydrogens is 202 g/mol. The molecule has 14 heavy (non-hydrogen) atoms. The number of aryl methyl sites for hydroxylation is 1. The third kappa shape index (κ3) is 3.22. The number of nitrogens with one attached hydrogen (secondary N) is 2. The van der Waals surface area contributed by atoms with Gasteiger partial charge in [0.05, 0.1) is 6.54 Å². The molecule has 0 bridgehead atoms. The van der Waals surface area contributed by atoms with Crippen LogP contribution in [0.4, 0.5) is 5.82 Å². The van der Waals surface area contributed by atoms with Crippen LogP contribution in [0.15, 0.2) is 22.5 Å². The lowest BCUT2D eigenvalue weighted by Crippen LogP contribution is -2.13. The zero-order valence-electron chi connectivity index (χ0n) is 7.93. The van der Waals surface area contributed by atoms with Crippen molar-refractivity contribution >= 4 is 17.4 Å². The van der Waals surface area contributed by atoms with Crippen LogP contribution in [0.5, 0.6) is 0 Å². The molecule has 0 aliphatic heterocycles. The number of aromatic nitrogens is 2. The zero-order chi connectivity index (χ0) is 10.6. The smallest absolute Gasteiger partial charge is 0.252 e. The Labute approximate surface area is 87.0 Å². The van der Waals surface area contributed by atoms with Crippen LogP contribution in [0.25, 0.3) is 0 Å². The molecule has 1 aromatic heterocycles. The summed E-state index contributed by atoms with van der Waals surface area (Å²) in [4.78, 5) is 17.9. The predicted molar refractivity (Wildman–Crippen MR) is 57.7 cm³/mol. The third-order valence-electron chi connectivity index (χ3n) is 1.59. The van der Waals surface area contributed by atoms with E-state index >= 15 is 0 Å². The van der Waals surface area contributed by atoms with Gasteiger partial charge < -0.3 is 10.3 Å². The fraction of sp³-hybridized carbons (Fsp3) is 0.333. The number of hydrogen-bond donors (Lipinski definition) is 2. The fourth-order valence-corrected chi connectivity index (χ4v) is 1.02. The molecule has 0 fully saturated rings. The first-order valence-electron chi connectivity index (χ1n) is 4.29. The van der Waals surface area contributed by atoms with Crippen molar-refractivity contribution < 1.29 is 0 Å². The van der Waals surface area contributed by atoms with Gasteiger partial charge in [0.2, 0.25) is 0 Å². The van der Waals surface area contributed by atoms with Crippen LogP contribution >= 0.6 is 11.6 Å². The summed E-state index contributed by atoms with van der Waals surface area (Å²) < 4.78 is 0. The van der Waals surface area contributed by atoms with E-state index in [4.69, 9.17) is 11.6 Å². The first kappa shape index (κ1) is 10.8. The molecule has 4 nitrogen and oxygen atoms in total. The summed E-state index contributed by atoms with van der Waals surface area (Å²) in [6, 6.07) is 1.39. The van der Waals surface area contributed by atoms with E-state index in [1.54, 1.807) is 0 Å². The second kappa shape index (κ2) is 4.81. The molecule has 1 rings (SSSR count). The minimum atomic E-state index is -0.167. The Kier molecular flexibility index (Phi) is 3.71. The van der Waals surface area contributed by atoms with Crippen molar-refractivity contribution in [3.05, 3.63) is 33.9 Å². The topological polar surface area (TPSA) is 57.8 Å². The van der Waals surface area contributed by atoms with Crippen LogP contribution in [0.3, 0.4) is 0 Å². The second-order valence-corrected chi connectivity index (χ2v) is 3.34. The molecule has 76 valence electrons. The highest BCUT2D eigenvalue weighted by atomic mass is 35.5. The van der Waals surface area contributed by atoms with Gasteiger partial charge in [0.1, 0.15) is 11.6 Å².